The Morgan fingerprint density at radius 1 is 1.04 bits per heavy atom. The summed E-state index contributed by atoms with van der Waals surface area (Å²) in [7, 11) is 0. The van der Waals surface area contributed by atoms with Gasteiger partial charge in [0.15, 0.2) is 0 Å². The van der Waals surface area contributed by atoms with E-state index in [1.54, 1.807) is 18.7 Å². The molecule has 0 radical (unpaired) electrons. The third-order valence-corrected chi connectivity index (χ3v) is 4.66. The Labute approximate surface area is 153 Å². The van der Waals surface area contributed by atoms with Gasteiger partial charge in [-0.15, -0.1) is 0 Å². The predicted octanol–water partition coefficient (Wildman–Crippen LogP) is 4.49. The summed E-state index contributed by atoms with van der Waals surface area (Å²) in [5.41, 5.74) is 1.90. The molecule has 3 aromatic rings. The van der Waals surface area contributed by atoms with E-state index in [2.05, 4.69) is 20.6 Å². The van der Waals surface area contributed by atoms with Crippen molar-refractivity contribution >= 4 is 11.8 Å². The summed E-state index contributed by atoms with van der Waals surface area (Å²) in [6.07, 6.45) is 11.5. The number of nitrogens with one attached hydrogen (secondary N) is 2. The van der Waals surface area contributed by atoms with Crippen LogP contribution in [0.5, 0.6) is 0 Å². The smallest absolute Gasteiger partial charge is 0.225 e. The number of pyridine rings is 1. The first-order valence-electron chi connectivity index (χ1n) is 9.19. The van der Waals surface area contributed by atoms with Gasteiger partial charge >= 0.3 is 0 Å². The van der Waals surface area contributed by atoms with Gasteiger partial charge in [-0.05, 0) is 37.1 Å². The molecule has 134 valence electrons. The Bertz CT molecular complexity index is 813. The number of anilines is 2. The van der Waals surface area contributed by atoms with Crippen molar-refractivity contribution < 1.29 is 4.42 Å². The Morgan fingerprint density at radius 3 is 2.65 bits per heavy atom. The maximum absolute atomic E-state index is 5.39. The number of furan rings is 1. The molecule has 0 aliphatic heterocycles. The molecule has 3 aromatic heterocycles. The van der Waals surface area contributed by atoms with Crippen molar-refractivity contribution in [1.82, 2.24) is 15.0 Å². The van der Waals surface area contributed by atoms with Crippen molar-refractivity contribution in [2.45, 2.75) is 44.7 Å². The van der Waals surface area contributed by atoms with Crippen molar-refractivity contribution in [3.63, 3.8) is 0 Å². The average Bonchev–Trinajstić information content (AvgIpc) is 3.21. The SMILES string of the molecule is c1coc(CNc2cc(-c3ccncc3)nc(NC3CCCCC3)n2)c1. The molecule has 0 bridgehead atoms. The Hall–Kier alpha value is -2.89. The Balaban J connectivity index is 1.58. The number of hydrogen-bond donors (Lipinski definition) is 2. The van der Waals surface area contributed by atoms with Crippen LogP contribution in [0.15, 0.2) is 53.4 Å². The summed E-state index contributed by atoms with van der Waals surface area (Å²) in [4.78, 5) is 13.5. The van der Waals surface area contributed by atoms with Gasteiger partial charge in [-0.25, -0.2) is 4.98 Å². The average molecular weight is 349 g/mol. The molecular formula is C20H23N5O. The zero-order chi connectivity index (χ0) is 17.6. The summed E-state index contributed by atoms with van der Waals surface area (Å²) in [6.45, 7) is 0.586. The van der Waals surface area contributed by atoms with E-state index >= 15 is 0 Å². The summed E-state index contributed by atoms with van der Waals surface area (Å²) in [6, 6.07) is 10.2. The third kappa shape index (κ3) is 4.20. The Morgan fingerprint density at radius 2 is 1.88 bits per heavy atom. The van der Waals surface area contributed by atoms with Crippen molar-refractivity contribution in [3.05, 3.63) is 54.7 Å². The van der Waals surface area contributed by atoms with Crippen molar-refractivity contribution in [2.75, 3.05) is 10.6 Å². The topological polar surface area (TPSA) is 75.9 Å². The van der Waals surface area contributed by atoms with Gasteiger partial charge in [0, 0.05) is 30.1 Å². The maximum atomic E-state index is 5.39. The largest absolute Gasteiger partial charge is 0.467 e. The summed E-state index contributed by atoms with van der Waals surface area (Å²) >= 11 is 0. The molecule has 1 aliphatic carbocycles. The van der Waals surface area contributed by atoms with Gasteiger partial charge < -0.3 is 15.1 Å². The van der Waals surface area contributed by atoms with Crippen LogP contribution in [0.1, 0.15) is 37.9 Å². The summed E-state index contributed by atoms with van der Waals surface area (Å²) < 4.78 is 5.39. The van der Waals surface area contributed by atoms with Crippen molar-refractivity contribution in [2.24, 2.45) is 0 Å². The van der Waals surface area contributed by atoms with Gasteiger partial charge in [-0.2, -0.15) is 4.98 Å². The molecule has 1 aliphatic rings. The van der Waals surface area contributed by atoms with Crippen LogP contribution in [0.4, 0.5) is 11.8 Å². The minimum Gasteiger partial charge on any atom is -0.467 e. The molecule has 2 N–H and O–H groups in total. The zero-order valence-electron chi connectivity index (χ0n) is 14.7. The van der Waals surface area contributed by atoms with Gasteiger partial charge in [0.25, 0.3) is 0 Å². The standard InChI is InChI=1S/C20H23N5O/c1-2-5-16(6-3-1)23-20-24-18(15-8-10-21-11-9-15)13-19(25-20)22-14-17-7-4-12-26-17/h4,7-13,16H,1-3,5-6,14H2,(H2,22,23,24,25). The maximum Gasteiger partial charge on any atom is 0.225 e. The molecule has 1 fully saturated rings. The van der Waals surface area contributed by atoms with Gasteiger partial charge in [0.2, 0.25) is 5.95 Å². The number of aromatic nitrogens is 3. The second-order valence-corrected chi connectivity index (χ2v) is 6.61. The van der Waals surface area contributed by atoms with Gasteiger partial charge in [0.1, 0.15) is 11.6 Å². The van der Waals surface area contributed by atoms with E-state index < -0.39 is 0 Å². The molecule has 0 saturated heterocycles. The first kappa shape index (κ1) is 16.6. The fraction of sp³-hybridized carbons (Fsp3) is 0.350. The molecule has 0 spiro atoms. The summed E-state index contributed by atoms with van der Waals surface area (Å²) in [5, 5.41) is 6.86. The molecule has 4 rings (SSSR count). The molecular weight excluding hydrogens is 326 g/mol. The van der Waals surface area contributed by atoms with Crippen LogP contribution in [0.3, 0.4) is 0 Å². The lowest BCUT2D eigenvalue weighted by molar-refractivity contribution is 0.461. The monoisotopic (exact) mass is 349 g/mol. The molecule has 0 atom stereocenters. The lowest BCUT2D eigenvalue weighted by Crippen LogP contribution is -2.23. The highest BCUT2D eigenvalue weighted by Crippen LogP contribution is 2.24. The van der Waals surface area contributed by atoms with E-state index in [1.165, 1.54) is 32.1 Å². The van der Waals surface area contributed by atoms with E-state index in [0.717, 1.165) is 22.8 Å². The van der Waals surface area contributed by atoms with E-state index in [4.69, 9.17) is 9.40 Å². The first-order chi connectivity index (χ1) is 12.9. The van der Waals surface area contributed by atoms with Crippen molar-refractivity contribution in [1.29, 1.82) is 0 Å². The minimum atomic E-state index is 0.453. The molecule has 26 heavy (non-hydrogen) atoms. The molecule has 6 nitrogen and oxygen atoms in total. The number of hydrogen-bond acceptors (Lipinski definition) is 6. The van der Waals surface area contributed by atoms with Crippen LogP contribution in [0, 0.1) is 0 Å². The molecule has 0 unspecified atom stereocenters. The van der Waals surface area contributed by atoms with Crippen LogP contribution in [0.25, 0.3) is 11.3 Å². The van der Waals surface area contributed by atoms with E-state index in [1.807, 2.05) is 30.3 Å². The van der Waals surface area contributed by atoms with Crippen LogP contribution < -0.4 is 10.6 Å². The van der Waals surface area contributed by atoms with Gasteiger partial charge in [-0.3, -0.25) is 4.98 Å². The number of rotatable bonds is 6. The van der Waals surface area contributed by atoms with E-state index in [9.17, 15) is 0 Å². The quantitative estimate of drug-likeness (QED) is 0.683. The summed E-state index contributed by atoms with van der Waals surface area (Å²) in [5.74, 6) is 2.32. The lowest BCUT2D eigenvalue weighted by atomic mass is 9.96. The molecule has 1 saturated carbocycles. The van der Waals surface area contributed by atoms with Crippen LogP contribution in [0.2, 0.25) is 0 Å². The predicted molar refractivity (Wildman–Crippen MR) is 102 cm³/mol. The molecule has 0 amide bonds. The highest BCUT2D eigenvalue weighted by atomic mass is 16.3. The normalized spacial score (nSPS) is 14.9. The van der Waals surface area contributed by atoms with Gasteiger partial charge in [0.05, 0.1) is 18.5 Å². The lowest BCUT2D eigenvalue weighted by Gasteiger charge is -2.23. The second kappa shape index (κ2) is 7.99. The van der Waals surface area contributed by atoms with Crippen LogP contribution in [-0.4, -0.2) is 21.0 Å². The van der Waals surface area contributed by atoms with E-state index in [0.29, 0.717) is 18.5 Å². The van der Waals surface area contributed by atoms with Gasteiger partial charge in [-0.1, -0.05) is 19.3 Å². The van der Waals surface area contributed by atoms with Crippen LogP contribution >= 0.6 is 0 Å². The van der Waals surface area contributed by atoms with Crippen LogP contribution in [-0.2, 0) is 6.54 Å². The first-order valence-corrected chi connectivity index (χ1v) is 9.19. The second-order valence-electron chi connectivity index (χ2n) is 6.61. The molecule has 3 heterocycles. The van der Waals surface area contributed by atoms with Crippen molar-refractivity contribution in [3.8, 4) is 11.3 Å². The molecule has 0 aromatic carbocycles. The zero-order valence-corrected chi connectivity index (χ0v) is 14.7. The fourth-order valence-corrected chi connectivity index (χ4v) is 3.29. The highest BCUT2D eigenvalue weighted by molar-refractivity contribution is 5.64. The number of nitrogens with zero attached hydrogens (tertiary/aromatic N) is 3. The Kier molecular flexibility index (Phi) is 5.09. The molecule has 6 heteroatoms. The third-order valence-electron chi connectivity index (χ3n) is 4.66. The minimum absolute atomic E-state index is 0.453. The fourth-order valence-electron chi connectivity index (χ4n) is 3.29. The van der Waals surface area contributed by atoms with E-state index in [-0.39, 0.29) is 0 Å². The highest BCUT2D eigenvalue weighted by Gasteiger charge is 2.15.